The van der Waals surface area contributed by atoms with Crippen LogP contribution in [0.2, 0.25) is 5.02 Å². The van der Waals surface area contributed by atoms with Crippen molar-refractivity contribution in [2.45, 2.75) is 0 Å². The van der Waals surface area contributed by atoms with Gasteiger partial charge in [0.15, 0.2) is 0 Å². The Kier molecular flexibility index (Phi) is 3.75. The average Bonchev–Trinajstić information content (AvgIpc) is 3.05. The first-order valence-electron chi connectivity index (χ1n) is 7.70. The number of carboxylic acids is 1. The van der Waals surface area contributed by atoms with Gasteiger partial charge in [-0.1, -0.05) is 66.2 Å². The number of aromatic nitrogens is 2. The molecule has 0 unspecified atom stereocenters. The number of rotatable bonds is 3. The van der Waals surface area contributed by atoms with Crippen LogP contribution < -0.4 is 0 Å². The molecular formula is C20H13ClN2O2. The Bertz CT molecular complexity index is 1070. The third-order valence-electron chi connectivity index (χ3n) is 4.05. The fourth-order valence-corrected chi connectivity index (χ4v) is 3.06. The van der Waals surface area contributed by atoms with E-state index in [1.807, 2.05) is 42.5 Å². The second-order valence-corrected chi connectivity index (χ2v) is 6.09. The van der Waals surface area contributed by atoms with Crippen molar-refractivity contribution < 1.29 is 9.90 Å². The summed E-state index contributed by atoms with van der Waals surface area (Å²) in [5.74, 6) is -1.03. The summed E-state index contributed by atoms with van der Waals surface area (Å²) in [4.78, 5) is 18.4. The van der Waals surface area contributed by atoms with Gasteiger partial charge in [-0.25, -0.2) is 9.78 Å². The predicted molar refractivity (Wildman–Crippen MR) is 98.9 cm³/mol. The normalized spacial score (nSPS) is 10.9. The van der Waals surface area contributed by atoms with Crippen LogP contribution in [-0.2, 0) is 0 Å². The van der Waals surface area contributed by atoms with Crippen LogP contribution in [0.3, 0.4) is 0 Å². The van der Waals surface area contributed by atoms with Gasteiger partial charge in [0.25, 0.3) is 0 Å². The lowest BCUT2D eigenvalue weighted by Crippen LogP contribution is -1.94. The molecule has 0 bridgehead atoms. The van der Waals surface area contributed by atoms with Crippen molar-refractivity contribution >= 4 is 28.6 Å². The van der Waals surface area contributed by atoms with E-state index < -0.39 is 5.97 Å². The molecule has 4 nitrogen and oxygen atoms in total. The first kappa shape index (κ1) is 15.4. The molecule has 0 saturated heterocycles. The molecule has 0 spiro atoms. The fourth-order valence-electron chi connectivity index (χ4n) is 2.80. The standard InChI is InChI=1S/C20H13ClN2O2/c21-15-10-16-17(11-18(22-16)20(24)25)23-19(15)14-8-6-13(7-9-14)12-4-2-1-3-5-12/h1-11,22H,(H,24,25). The van der Waals surface area contributed by atoms with Crippen molar-refractivity contribution in [3.8, 4) is 22.4 Å². The van der Waals surface area contributed by atoms with Gasteiger partial charge in [0.1, 0.15) is 5.69 Å². The maximum Gasteiger partial charge on any atom is 0.352 e. The lowest BCUT2D eigenvalue weighted by Gasteiger charge is -2.06. The van der Waals surface area contributed by atoms with Crippen LogP contribution in [0.1, 0.15) is 10.5 Å². The molecule has 0 aliphatic rings. The first-order valence-corrected chi connectivity index (χ1v) is 8.08. The topological polar surface area (TPSA) is 66.0 Å². The molecular weight excluding hydrogens is 336 g/mol. The molecule has 122 valence electrons. The number of benzene rings is 2. The number of fused-ring (bicyclic) bond motifs is 1. The van der Waals surface area contributed by atoms with Crippen molar-refractivity contribution in [3.63, 3.8) is 0 Å². The quantitative estimate of drug-likeness (QED) is 0.531. The lowest BCUT2D eigenvalue weighted by atomic mass is 10.0. The highest BCUT2D eigenvalue weighted by atomic mass is 35.5. The second-order valence-electron chi connectivity index (χ2n) is 5.68. The molecule has 0 atom stereocenters. The minimum Gasteiger partial charge on any atom is -0.477 e. The van der Waals surface area contributed by atoms with Gasteiger partial charge in [0.05, 0.1) is 21.7 Å². The van der Waals surface area contributed by atoms with E-state index in [1.165, 1.54) is 6.07 Å². The molecule has 0 fully saturated rings. The van der Waals surface area contributed by atoms with Crippen molar-refractivity contribution in [2.24, 2.45) is 0 Å². The second kappa shape index (κ2) is 6.07. The van der Waals surface area contributed by atoms with Gasteiger partial charge in [-0.3, -0.25) is 0 Å². The van der Waals surface area contributed by atoms with Crippen molar-refractivity contribution in [3.05, 3.63) is 77.4 Å². The van der Waals surface area contributed by atoms with Gasteiger partial charge < -0.3 is 10.1 Å². The number of hydrogen-bond acceptors (Lipinski definition) is 2. The zero-order valence-corrected chi connectivity index (χ0v) is 13.8. The van der Waals surface area contributed by atoms with Gasteiger partial charge in [0, 0.05) is 5.56 Å². The smallest absolute Gasteiger partial charge is 0.352 e. The molecule has 5 heteroatoms. The Morgan fingerprint density at radius 2 is 1.56 bits per heavy atom. The van der Waals surface area contributed by atoms with E-state index in [1.54, 1.807) is 6.07 Å². The molecule has 0 aliphatic heterocycles. The van der Waals surface area contributed by atoms with E-state index in [-0.39, 0.29) is 5.69 Å². The summed E-state index contributed by atoms with van der Waals surface area (Å²) in [5, 5.41) is 9.56. The molecule has 2 aromatic carbocycles. The highest BCUT2D eigenvalue weighted by Gasteiger charge is 2.13. The third-order valence-corrected chi connectivity index (χ3v) is 4.34. The zero-order chi connectivity index (χ0) is 17.4. The van der Waals surface area contributed by atoms with Crippen LogP contribution in [0.15, 0.2) is 66.7 Å². The number of carbonyl (C=O) groups is 1. The summed E-state index contributed by atoms with van der Waals surface area (Å²) in [6, 6.07) is 21.3. The Hall–Kier alpha value is -3.11. The number of nitrogens with zero attached hydrogens (tertiary/aromatic N) is 1. The number of aromatic carboxylic acids is 1. The lowest BCUT2D eigenvalue weighted by molar-refractivity contribution is 0.0691. The number of halogens is 1. The van der Waals surface area contributed by atoms with Crippen molar-refractivity contribution in [2.75, 3.05) is 0 Å². The predicted octanol–water partition coefficient (Wildman–Crippen LogP) is 5.25. The zero-order valence-electron chi connectivity index (χ0n) is 13.0. The summed E-state index contributed by atoms with van der Waals surface area (Å²) in [6.45, 7) is 0. The minimum absolute atomic E-state index is 0.0927. The summed E-state index contributed by atoms with van der Waals surface area (Å²) >= 11 is 6.35. The van der Waals surface area contributed by atoms with Gasteiger partial charge in [0.2, 0.25) is 0 Å². The highest BCUT2D eigenvalue weighted by molar-refractivity contribution is 6.33. The highest BCUT2D eigenvalue weighted by Crippen LogP contribution is 2.31. The number of aromatic amines is 1. The van der Waals surface area contributed by atoms with Crippen molar-refractivity contribution in [1.82, 2.24) is 9.97 Å². The molecule has 0 radical (unpaired) electrons. The summed E-state index contributed by atoms with van der Waals surface area (Å²) in [7, 11) is 0. The van der Waals surface area contributed by atoms with Crippen LogP contribution in [-0.4, -0.2) is 21.0 Å². The van der Waals surface area contributed by atoms with Gasteiger partial charge in [-0.2, -0.15) is 0 Å². The first-order chi connectivity index (χ1) is 12.1. The largest absolute Gasteiger partial charge is 0.477 e. The molecule has 0 amide bonds. The molecule has 0 aliphatic carbocycles. The average molecular weight is 349 g/mol. The fraction of sp³-hybridized carbons (Fsp3) is 0. The van der Waals surface area contributed by atoms with E-state index >= 15 is 0 Å². The molecule has 2 N–H and O–H groups in total. The van der Waals surface area contributed by atoms with Crippen LogP contribution in [0.25, 0.3) is 33.4 Å². The Morgan fingerprint density at radius 1 is 0.920 bits per heavy atom. The number of nitrogens with one attached hydrogen (secondary N) is 1. The summed E-state index contributed by atoms with van der Waals surface area (Å²) in [6.07, 6.45) is 0. The molecule has 25 heavy (non-hydrogen) atoms. The number of pyridine rings is 1. The van der Waals surface area contributed by atoms with Crippen LogP contribution in [0, 0.1) is 0 Å². The van der Waals surface area contributed by atoms with E-state index in [2.05, 4.69) is 22.1 Å². The number of carboxylic acid groups (broad SMARTS) is 1. The summed E-state index contributed by atoms with van der Waals surface area (Å²) < 4.78 is 0. The number of hydrogen-bond donors (Lipinski definition) is 2. The van der Waals surface area contributed by atoms with Crippen LogP contribution in [0.5, 0.6) is 0 Å². The van der Waals surface area contributed by atoms with E-state index in [4.69, 9.17) is 16.7 Å². The third kappa shape index (κ3) is 2.88. The molecule has 2 heterocycles. The molecule has 0 saturated carbocycles. The molecule has 4 rings (SSSR count). The monoisotopic (exact) mass is 348 g/mol. The molecule has 4 aromatic rings. The SMILES string of the molecule is O=C(O)c1cc2nc(-c3ccc(-c4ccccc4)cc3)c(Cl)cc2[nH]1. The van der Waals surface area contributed by atoms with Gasteiger partial charge >= 0.3 is 5.97 Å². The van der Waals surface area contributed by atoms with Crippen LogP contribution >= 0.6 is 11.6 Å². The maximum atomic E-state index is 11.1. The Balaban J connectivity index is 1.76. The van der Waals surface area contributed by atoms with E-state index in [0.29, 0.717) is 21.7 Å². The Labute approximate surface area is 148 Å². The maximum absolute atomic E-state index is 11.1. The number of H-pyrrole nitrogens is 1. The van der Waals surface area contributed by atoms with Crippen LogP contribution in [0.4, 0.5) is 0 Å². The van der Waals surface area contributed by atoms with Gasteiger partial charge in [-0.15, -0.1) is 0 Å². The van der Waals surface area contributed by atoms with E-state index in [0.717, 1.165) is 16.7 Å². The van der Waals surface area contributed by atoms with Crippen molar-refractivity contribution in [1.29, 1.82) is 0 Å². The molecule has 2 aromatic heterocycles. The van der Waals surface area contributed by atoms with Gasteiger partial charge in [-0.05, 0) is 23.3 Å². The summed E-state index contributed by atoms with van der Waals surface area (Å²) in [5.41, 5.74) is 5.03. The van der Waals surface area contributed by atoms with E-state index in [9.17, 15) is 4.79 Å². The minimum atomic E-state index is -1.03. The Morgan fingerprint density at radius 3 is 2.24 bits per heavy atom.